The molecule has 0 heterocycles. The van der Waals surface area contributed by atoms with Crippen LogP contribution in [0.2, 0.25) is 5.02 Å². The highest BCUT2D eigenvalue weighted by atomic mass is 35.5. The van der Waals surface area contributed by atoms with Gasteiger partial charge in [0.2, 0.25) is 0 Å². The summed E-state index contributed by atoms with van der Waals surface area (Å²) in [7, 11) is 0. The van der Waals surface area contributed by atoms with Crippen LogP contribution in [0.25, 0.3) is 0 Å². The van der Waals surface area contributed by atoms with E-state index in [9.17, 15) is 5.11 Å². The summed E-state index contributed by atoms with van der Waals surface area (Å²) in [4.78, 5) is 2.25. The lowest BCUT2D eigenvalue weighted by Crippen LogP contribution is -2.23. The van der Waals surface area contributed by atoms with Gasteiger partial charge in [0, 0.05) is 29.4 Å². The highest BCUT2D eigenvalue weighted by molar-refractivity contribution is 6.31. The topological polar surface area (TPSA) is 23.5 Å². The standard InChI is InChI=1S/C21H20ClNO/c22-20-12-7-13-21(19(20)16-24)23(14-17-8-3-1-4-9-17)15-18-10-5-2-6-11-18/h1-13,24H,14-16H2. The number of nitrogens with zero attached hydrogens (tertiary/aromatic N) is 1. The van der Waals surface area contributed by atoms with E-state index < -0.39 is 0 Å². The first-order chi connectivity index (χ1) is 11.8. The average Bonchev–Trinajstić information content (AvgIpc) is 2.63. The molecule has 0 atom stereocenters. The van der Waals surface area contributed by atoms with E-state index in [1.54, 1.807) is 0 Å². The average molecular weight is 338 g/mol. The summed E-state index contributed by atoms with van der Waals surface area (Å²) >= 11 is 6.29. The smallest absolute Gasteiger partial charge is 0.0716 e. The third-order valence-electron chi connectivity index (χ3n) is 4.03. The molecular weight excluding hydrogens is 318 g/mol. The van der Waals surface area contributed by atoms with Crippen LogP contribution >= 0.6 is 11.6 Å². The maximum atomic E-state index is 9.77. The van der Waals surface area contributed by atoms with Gasteiger partial charge in [0.1, 0.15) is 0 Å². The lowest BCUT2D eigenvalue weighted by molar-refractivity contribution is 0.282. The fourth-order valence-corrected chi connectivity index (χ4v) is 3.06. The number of hydrogen-bond donors (Lipinski definition) is 1. The molecule has 0 bridgehead atoms. The molecule has 3 aromatic rings. The van der Waals surface area contributed by atoms with Crippen molar-refractivity contribution in [3.05, 3.63) is 101 Å². The minimum Gasteiger partial charge on any atom is -0.392 e. The number of aliphatic hydroxyl groups excluding tert-OH is 1. The van der Waals surface area contributed by atoms with Gasteiger partial charge in [0.15, 0.2) is 0 Å². The molecule has 0 aromatic heterocycles. The molecule has 2 nitrogen and oxygen atoms in total. The van der Waals surface area contributed by atoms with Gasteiger partial charge in [-0.15, -0.1) is 0 Å². The minimum absolute atomic E-state index is 0.0743. The molecule has 0 fully saturated rings. The lowest BCUT2D eigenvalue weighted by Gasteiger charge is -2.27. The molecule has 3 heteroatoms. The summed E-state index contributed by atoms with van der Waals surface area (Å²) in [6.07, 6.45) is 0. The molecule has 0 unspecified atom stereocenters. The van der Waals surface area contributed by atoms with Crippen LogP contribution < -0.4 is 4.90 Å². The number of anilines is 1. The fourth-order valence-electron chi connectivity index (χ4n) is 2.83. The highest BCUT2D eigenvalue weighted by Crippen LogP contribution is 2.30. The number of hydrogen-bond acceptors (Lipinski definition) is 2. The molecule has 122 valence electrons. The normalized spacial score (nSPS) is 10.6. The zero-order chi connectivity index (χ0) is 16.8. The molecule has 0 saturated carbocycles. The summed E-state index contributed by atoms with van der Waals surface area (Å²) in [5.41, 5.74) is 4.18. The zero-order valence-electron chi connectivity index (χ0n) is 13.4. The highest BCUT2D eigenvalue weighted by Gasteiger charge is 2.14. The predicted octanol–water partition coefficient (Wildman–Crippen LogP) is 5.04. The van der Waals surface area contributed by atoms with Crippen molar-refractivity contribution < 1.29 is 5.11 Å². The second-order valence-corrected chi connectivity index (χ2v) is 6.13. The van der Waals surface area contributed by atoms with E-state index in [1.807, 2.05) is 54.6 Å². The van der Waals surface area contributed by atoms with Gasteiger partial charge in [-0.1, -0.05) is 78.3 Å². The Balaban J connectivity index is 1.97. The van der Waals surface area contributed by atoms with Crippen molar-refractivity contribution in [2.75, 3.05) is 4.90 Å². The summed E-state index contributed by atoms with van der Waals surface area (Å²) in [5.74, 6) is 0. The van der Waals surface area contributed by atoms with Crippen LogP contribution in [-0.4, -0.2) is 5.11 Å². The van der Waals surface area contributed by atoms with Crippen molar-refractivity contribution in [2.45, 2.75) is 19.7 Å². The summed E-state index contributed by atoms with van der Waals surface area (Å²) < 4.78 is 0. The molecule has 0 aliphatic heterocycles. The first kappa shape index (κ1) is 16.6. The van der Waals surface area contributed by atoms with E-state index in [0.29, 0.717) is 5.02 Å². The lowest BCUT2D eigenvalue weighted by atomic mass is 10.1. The molecule has 0 aliphatic carbocycles. The molecule has 0 aliphatic rings. The first-order valence-corrected chi connectivity index (χ1v) is 8.37. The van der Waals surface area contributed by atoms with Crippen LogP contribution in [0.3, 0.4) is 0 Å². The monoisotopic (exact) mass is 337 g/mol. The Morgan fingerprint density at radius 2 is 1.25 bits per heavy atom. The van der Waals surface area contributed by atoms with Crippen LogP contribution in [0.4, 0.5) is 5.69 Å². The number of rotatable bonds is 6. The Hall–Kier alpha value is -2.29. The zero-order valence-corrected chi connectivity index (χ0v) is 14.2. The van der Waals surface area contributed by atoms with E-state index in [2.05, 4.69) is 29.2 Å². The minimum atomic E-state index is -0.0743. The van der Waals surface area contributed by atoms with Crippen LogP contribution in [-0.2, 0) is 19.7 Å². The maximum absolute atomic E-state index is 9.77. The summed E-state index contributed by atoms with van der Waals surface area (Å²) in [5, 5.41) is 10.4. The largest absolute Gasteiger partial charge is 0.392 e. The SMILES string of the molecule is OCc1c(Cl)cccc1N(Cc1ccccc1)Cc1ccccc1. The third-order valence-corrected chi connectivity index (χ3v) is 4.38. The molecule has 24 heavy (non-hydrogen) atoms. The molecule has 3 rings (SSSR count). The Labute approximate surface area is 147 Å². The molecule has 0 amide bonds. The summed E-state index contributed by atoms with van der Waals surface area (Å²) in [6, 6.07) is 26.4. The molecule has 1 N–H and O–H groups in total. The van der Waals surface area contributed by atoms with Gasteiger partial charge in [-0.3, -0.25) is 0 Å². The molecule has 0 saturated heterocycles. The van der Waals surface area contributed by atoms with Gasteiger partial charge in [0.25, 0.3) is 0 Å². The van der Waals surface area contributed by atoms with E-state index in [-0.39, 0.29) is 6.61 Å². The van der Waals surface area contributed by atoms with Crippen LogP contribution in [0.5, 0.6) is 0 Å². The van der Waals surface area contributed by atoms with Crippen molar-refractivity contribution in [1.29, 1.82) is 0 Å². The molecule has 0 radical (unpaired) electrons. The maximum Gasteiger partial charge on any atom is 0.0716 e. The van der Waals surface area contributed by atoms with Crippen molar-refractivity contribution in [1.82, 2.24) is 0 Å². The van der Waals surface area contributed by atoms with Crippen LogP contribution in [0.1, 0.15) is 16.7 Å². The number of benzene rings is 3. The molecule has 0 spiro atoms. The third kappa shape index (κ3) is 3.97. The Morgan fingerprint density at radius 3 is 1.75 bits per heavy atom. The Morgan fingerprint density at radius 1 is 0.708 bits per heavy atom. The van der Waals surface area contributed by atoms with Crippen molar-refractivity contribution >= 4 is 17.3 Å². The van der Waals surface area contributed by atoms with Gasteiger partial charge in [-0.25, -0.2) is 0 Å². The fraction of sp³-hybridized carbons (Fsp3) is 0.143. The first-order valence-electron chi connectivity index (χ1n) is 7.99. The number of aliphatic hydroxyl groups is 1. The Kier molecular flexibility index (Phi) is 5.52. The van der Waals surface area contributed by atoms with E-state index >= 15 is 0 Å². The van der Waals surface area contributed by atoms with Gasteiger partial charge in [-0.05, 0) is 23.3 Å². The van der Waals surface area contributed by atoms with Gasteiger partial charge in [-0.2, -0.15) is 0 Å². The van der Waals surface area contributed by atoms with Crippen LogP contribution in [0.15, 0.2) is 78.9 Å². The predicted molar refractivity (Wildman–Crippen MR) is 100 cm³/mol. The van der Waals surface area contributed by atoms with E-state index in [1.165, 1.54) is 11.1 Å². The Bertz CT molecular complexity index is 733. The van der Waals surface area contributed by atoms with Gasteiger partial charge >= 0.3 is 0 Å². The quantitative estimate of drug-likeness (QED) is 0.681. The molecule has 3 aromatic carbocycles. The number of halogens is 1. The van der Waals surface area contributed by atoms with E-state index in [4.69, 9.17) is 11.6 Å². The van der Waals surface area contributed by atoms with Crippen molar-refractivity contribution in [2.24, 2.45) is 0 Å². The van der Waals surface area contributed by atoms with E-state index in [0.717, 1.165) is 24.3 Å². The van der Waals surface area contributed by atoms with Crippen molar-refractivity contribution in [3.63, 3.8) is 0 Å². The van der Waals surface area contributed by atoms with Crippen molar-refractivity contribution in [3.8, 4) is 0 Å². The van der Waals surface area contributed by atoms with Gasteiger partial charge in [0.05, 0.1) is 6.61 Å². The molecular formula is C21H20ClNO. The van der Waals surface area contributed by atoms with Crippen LogP contribution in [0, 0.1) is 0 Å². The second-order valence-electron chi connectivity index (χ2n) is 5.72. The van der Waals surface area contributed by atoms with Gasteiger partial charge < -0.3 is 10.0 Å². The summed E-state index contributed by atoms with van der Waals surface area (Å²) in [6.45, 7) is 1.43. The second kappa shape index (κ2) is 8.00.